The molecule has 1 unspecified atom stereocenters. The van der Waals surface area contributed by atoms with Gasteiger partial charge in [-0.2, -0.15) is 4.72 Å². The lowest BCUT2D eigenvalue weighted by atomic mass is 10.1. The molecule has 0 aliphatic heterocycles. The zero-order chi connectivity index (χ0) is 18.3. The maximum absolute atomic E-state index is 13.8. The van der Waals surface area contributed by atoms with Gasteiger partial charge in [0, 0.05) is 6.54 Å². The van der Waals surface area contributed by atoms with Crippen LogP contribution in [0.15, 0.2) is 72.1 Å². The van der Waals surface area contributed by atoms with Crippen LogP contribution in [-0.4, -0.2) is 26.9 Å². The lowest BCUT2D eigenvalue weighted by molar-refractivity contribution is -0.122. The van der Waals surface area contributed by atoms with Crippen molar-refractivity contribution in [1.29, 1.82) is 0 Å². The molecule has 0 heterocycles. The van der Waals surface area contributed by atoms with E-state index >= 15 is 0 Å². The minimum atomic E-state index is -4.19. The van der Waals surface area contributed by atoms with Gasteiger partial charge in [0.25, 0.3) is 0 Å². The van der Waals surface area contributed by atoms with Crippen LogP contribution in [0.3, 0.4) is 0 Å². The summed E-state index contributed by atoms with van der Waals surface area (Å²) in [6.45, 7) is 3.71. The quantitative estimate of drug-likeness (QED) is 0.706. The molecule has 5 nitrogen and oxygen atoms in total. The predicted molar refractivity (Wildman–Crippen MR) is 93.9 cm³/mol. The molecule has 0 aliphatic carbocycles. The van der Waals surface area contributed by atoms with E-state index in [9.17, 15) is 17.6 Å². The van der Waals surface area contributed by atoms with Gasteiger partial charge in [-0.1, -0.05) is 48.5 Å². The van der Waals surface area contributed by atoms with E-state index in [4.69, 9.17) is 0 Å². The maximum atomic E-state index is 13.8. The summed E-state index contributed by atoms with van der Waals surface area (Å²) in [5.74, 6) is -1.39. The number of halogens is 1. The van der Waals surface area contributed by atoms with Crippen LogP contribution in [0.4, 0.5) is 4.39 Å². The van der Waals surface area contributed by atoms with Crippen LogP contribution in [-0.2, 0) is 21.2 Å². The molecule has 0 saturated heterocycles. The molecule has 0 spiro atoms. The van der Waals surface area contributed by atoms with Crippen molar-refractivity contribution in [3.63, 3.8) is 0 Å². The van der Waals surface area contributed by atoms with E-state index in [0.29, 0.717) is 0 Å². The van der Waals surface area contributed by atoms with E-state index in [1.54, 1.807) is 24.3 Å². The van der Waals surface area contributed by atoms with Crippen molar-refractivity contribution in [3.8, 4) is 0 Å². The van der Waals surface area contributed by atoms with Gasteiger partial charge in [0.15, 0.2) is 0 Å². The molecule has 0 fully saturated rings. The second kappa shape index (κ2) is 8.55. The minimum absolute atomic E-state index is 0.136. The highest BCUT2D eigenvalue weighted by molar-refractivity contribution is 7.89. The fourth-order valence-corrected chi connectivity index (χ4v) is 3.52. The number of hydrogen-bond donors (Lipinski definition) is 2. The summed E-state index contributed by atoms with van der Waals surface area (Å²) < 4.78 is 41.1. The van der Waals surface area contributed by atoms with Crippen molar-refractivity contribution in [2.45, 2.75) is 17.4 Å². The Hall–Kier alpha value is -2.51. The molecule has 0 radical (unpaired) electrons. The Bertz CT molecular complexity index is 838. The third-order valence-electron chi connectivity index (χ3n) is 3.44. The largest absolute Gasteiger partial charge is 0.351 e. The van der Waals surface area contributed by atoms with Gasteiger partial charge in [-0.15, -0.1) is 6.58 Å². The topological polar surface area (TPSA) is 75.3 Å². The second-order valence-electron chi connectivity index (χ2n) is 5.33. The summed E-state index contributed by atoms with van der Waals surface area (Å²) in [6.07, 6.45) is 1.63. The summed E-state index contributed by atoms with van der Waals surface area (Å²) >= 11 is 0. The molecule has 2 aromatic carbocycles. The van der Waals surface area contributed by atoms with E-state index in [-0.39, 0.29) is 13.0 Å². The van der Waals surface area contributed by atoms with Gasteiger partial charge in [-0.25, -0.2) is 12.8 Å². The Morgan fingerprint density at radius 1 is 1.12 bits per heavy atom. The molecule has 0 bridgehead atoms. The first-order valence-corrected chi connectivity index (χ1v) is 9.12. The van der Waals surface area contributed by atoms with Crippen LogP contribution >= 0.6 is 0 Å². The SMILES string of the molecule is C=CCNC(=O)C(Cc1ccccc1)NS(=O)(=O)c1ccccc1F. The standard InChI is InChI=1S/C18H19FN2O3S/c1-2-12-20-18(22)16(13-14-8-4-3-5-9-14)21-25(23,24)17-11-7-6-10-15(17)19/h2-11,16,21H,1,12-13H2,(H,20,22). The van der Waals surface area contributed by atoms with Crippen LogP contribution in [0, 0.1) is 5.82 Å². The van der Waals surface area contributed by atoms with E-state index in [1.807, 2.05) is 6.07 Å². The molecular weight excluding hydrogens is 343 g/mol. The number of rotatable bonds is 8. The van der Waals surface area contributed by atoms with Crippen LogP contribution in [0.25, 0.3) is 0 Å². The van der Waals surface area contributed by atoms with Gasteiger partial charge in [0.2, 0.25) is 15.9 Å². The number of carbonyl (C=O) groups excluding carboxylic acids is 1. The van der Waals surface area contributed by atoms with Gasteiger partial charge < -0.3 is 5.32 Å². The first kappa shape index (κ1) is 18.8. The molecule has 2 aromatic rings. The average molecular weight is 362 g/mol. The second-order valence-corrected chi connectivity index (χ2v) is 7.01. The molecule has 2 rings (SSSR count). The maximum Gasteiger partial charge on any atom is 0.244 e. The fourth-order valence-electron chi connectivity index (χ4n) is 2.25. The highest BCUT2D eigenvalue weighted by atomic mass is 32.2. The zero-order valence-electron chi connectivity index (χ0n) is 13.5. The summed E-state index contributed by atoms with van der Waals surface area (Å²) in [7, 11) is -4.19. The lowest BCUT2D eigenvalue weighted by Crippen LogP contribution is -2.48. The monoisotopic (exact) mass is 362 g/mol. The predicted octanol–water partition coefficient (Wildman–Crippen LogP) is 2.02. The molecule has 25 heavy (non-hydrogen) atoms. The summed E-state index contributed by atoms with van der Waals surface area (Å²) in [5, 5.41) is 2.56. The highest BCUT2D eigenvalue weighted by Gasteiger charge is 2.27. The third-order valence-corrected chi connectivity index (χ3v) is 4.95. The number of nitrogens with one attached hydrogen (secondary N) is 2. The molecule has 1 atom stereocenters. The van der Waals surface area contributed by atoms with Crippen LogP contribution in [0.1, 0.15) is 5.56 Å². The number of hydrogen-bond acceptors (Lipinski definition) is 3. The first-order chi connectivity index (χ1) is 11.9. The van der Waals surface area contributed by atoms with Crippen molar-refractivity contribution >= 4 is 15.9 Å². The number of sulfonamides is 1. The Morgan fingerprint density at radius 3 is 2.40 bits per heavy atom. The highest BCUT2D eigenvalue weighted by Crippen LogP contribution is 2.15. The number of benzene rings is 2. The van der Waals surface area contributed by atoms with Gasteiger partial charge in [0.05, 0.1) is 0 Å². The van der Waals surface area contributed by atoms with E-state index in [2.05, 4.69) is 16.6 Å². The molecule has 0 saturated carbocycles. The van der Waals surface area contributed by atoms with Crippen LogP contribution in [0.2, 0.25) is 0 Å². The Morgan fingerprint density at radius 2 is 1.76 bits per heavy atom. The number of carbonyl (C=O) groups is 1. The zero-order valence-corrected chi connectivity index (χ0v) is 14.3. The average Bonchev–Trinajstić information content (AvgIpc) is 2.60. The molecule has 2 N–H and O–H groups in total. The Balaban J connectivity index is 2.27. The van der Waals surface area contributed by atoms with E-state index in [1.165, 1.54) is 18.2 Å². The van der Waals surface area contributed by atoms with Crippen molar-refractivity contribution in [3.05, 3.63) is 78.6 Å². The fraction of sp³-hybridized carbons (Fsp3) is 0.167. The van der Waals surface area contributed by atoms with Gasteiger partial charge in [-0.05, 0) is 24.1 Å². The van der Waals surface area contributed by atoms with Crippen molar-refractivity contribution in [2.24, 2.45) is 0 Å². The molecule has 1 amide bonds. The summed E-state index contributed by atoms with van der Waals surface area (Å²) in [5.41, 5.74) is 0.775. The van der Waals surface area contributed by atoms with Gasteiger partial charge in [0.1, 0.15) is 16.8 Å². The van der Waals surface area contributed by atoms with Gasteiger partial charge >= 0.3 is 0 Å². The van der Waals surface area contributed by atoms with Crippen LogP contribution in [0.5, 0.6) is 0 Å². The van der Waals surface area contributed by atoms with Crippen LogP contribution < -0.4 is 10.0 Å². The van der Waals surface area contributed by atoms with Crippen molar-refractivity contribution in [1.82, 2.24) is 10.0 Å². The normalized spacial score (nSPS) is 12.4. The van der Waals surface area contributed by atoms with E-state index < -0.39 is 32.7 Å². The smallest absolute Gasteiger partial charge is 0.244 e. The summed E-state index contributed by atoms with van der Waals surface area (Å²) in [4.78, 5) is 11.8. The molecule has 0 aromatic heterocycles. The van der Waals surface area contributed by atoms with E-state index in [0.717, 1.165) is 17.7 Å². The third kappa shape index (κ3) is 5.23. The summed E-state index contributed by atoms with van der Waals surface area (Å²) in [6, 6.07) is 12.9. The first-order valence-electron chi connectivity index (χ1n) is 7.63. The number of amides is 1. The lowest BCUT2D eigenvalue weighted by Gasteiger charge is -2.18. The Kier molecular flexibility index (Phi) is 6.44. The van der Waals surface area contributed by atoms with Crippen molar-refractivity contribution < 1.29 is 17.6 Å². The Labute approximate surface area is 146 Å². The molecule has 0 aliphatic rings. The molecular formula is C18H19FN2O3S. The molecule has 132 valence electrons. The van der Waals surface area contributed by atoms with Gasteiger partial charge in [-0.3, -0.25) is 4.79 Å². The minimum Gasteiger partial charge on any atom is -0.351 e. The van der Waals surface area contributed by atoms with Crippen molar-refractivity contribution in [2.75, 3.05) is 6.54 Å². The molecule has 7 heteroatoms.